The van der Waals surface area contributed by atoms with E-state index in [1.807, 2.05) is 22.0 Å². The van der Waals surface area contributed by atoms with Gasteiger partial charge < -0.3 is 5.32 Å². The summed E-state index contributed by atoms with van der Waals surface area (Å²) >= 11 is 1.82. The highest BCUT2D eigenvalue weighted by Gasteiger charge is 2.29. The zero-order valence-electron chi connectivity index (χ0n) is 12.0. The van der Waals surface area contributed by atoms with Crippen molar-refractivity contribution in [3.63, 3.8) is 0 Å². The van der Waals surface area contributed by atoms with E-state index < -0.39 is 30.7 Å². The summed E-state index contributed by atoms with van der Waals surface area (Å²) in [6.45, 7) is 3.75. The Labute approximate surface area is 126 Å². The van der Waals surface area contributed by atoms with Crippen molar-refractivity contribution in [1.29, 1.82) is 0 Å². The van der Waals surface area contributed by atoms with Gasteiger partial charge in [0.05, 0.1) is 6.04 Å². The molecule has 1 aliphatic rings. The summed E-state index contributed by atoms with van der Waals surface area (Å²) in [5.41, 5.74) is 0. The Hall–Kier alpha value is -0.960. The van der Waals surface area contributed by atoms with Crippen LogP contribution in [0.2, 0.25) is 0 Å². The second kappa shape index (κ2) is 7.88. The third-order valence-electron chi connectivity index (χ3n) is 3.22. The topological polar surface area (TPSA) is 61.4 Å². The average molecular weight is 327 g/mol. The molecule has 9 heteroatoms. The average Bonchev–Trinajstić information content (AvgIpc) is 2.59. The number of rotatable bonds is 3. The highest BCUT2D eigenvalue weighted by atomic mass is 32.2. The molecule has 1 heterocycles. The summed E-state index contributed by atoms with van der Waals surface area (Å²) in [6, 6.07) is -1.67. The molecule has 1 aliphatic heterocycles. The van der Waals surface area contributed by atoms with Crippen molar-refractivity contribution in [1.82, 2.24) is 15.5 Å². The number of hydrogen-bond donors (Lipinski definition) is 2. The number of thioether (sulfide) groups is 1. The van der Waals surface area contributed by atoms with E-state index in [2.05, 4.69) is 6.92 Å². The van der Waals surface area contributed by atoms with Gasteiger partial charge in [-0.2, -0.15) is 24.9 Å². The molecule has 0 aliphatic carbocycles. The first-order valence-electron chi connectivity index (χ1n) is 6.70. The third-order valence-corrected chi connectivity index (χ3v) is 4.44. The van der Waals surface area contributed by atoms with E-state index in [4.69, 9.17) is 0 Å². The molecule has 0 radical (unpaired) electrons. The van der Waals surface area contributed by atoms with Gasteiger partial charge in [-0.1, -0.05) is 6.92 Å². The van der Waals surface area contributed by atoms with Gasteiger partial charge in [0.1, 0.15) is 6.54 Å². The molecule has 1 rings (SSSR count). The fraction of sp³-hybridized carbons (Fsp3) is 0.833. The minimum Gasteiger partial charge on any atom is -0.329 e. The molecular weight excluding hydrogens is 307 g/mol. The smallest absolute Gasteiger partial charge is 0.329 e. The van der Waals surface area contributed by atoms with E-state index in [1.165, 1.54) is 0 Å². The molecule has 1 fully saturated rings. The van der Waals surface area contributed by atoms with Crippen molar-refractivity contribution in [2.75, 3.05) is 25.4 Å². The van der Waals surface area contributed by atoms with E-state index in [9.17, 15) is 22.8 Å². The first kappa shape index (κ1) is 18.1. The number of nitrogens with one attached hydrogen (secondary N) is 2. The van der Waals surface area contributed by atoms with Gasteiger partial charge in [0.15, 0.2) is 0 Å². The molecule has 0 aromatic carbocycles. The monoisotopic (exact) mass is 327 g/mol. The molecule has 2 atom stereocenters. The van der Waals surface area contributed by atoms with E-state index >= 15 is 0 Å². The first-order chi connectivity index (χ1) is 9.69. The number of amides is 3. The normalized spacial score (nSPS) is 22.2. The highest BCUT2D eigenvalue weighted by molar-refractivity contribution is 7.99. The van der Waals surface area contributed by atoms with Crippen LogP contribution in [0.3, 0.4) is 0 Å². The zero-order valence-corrected chi connectivity index (χ0v) is 12.8. The summed E-state index contributed by atoms with van der Waals surface area (Å²) in [7, 11) is 0. The SMILES string of the molecule is C[C@H](C(=O)NC(=O)NCC(F)(F)F)N1CCS[C@@H](C)CC1. The lowest BCUT2D eigenvalue weighted by atomic mass is 10.2. The summed E-state index contributed by atoms with van der Waals surface area (Å²) < 4.78 is 35.8. The lowest BCUT2D eigenvalue weighted by Gasteiger charge is -2.26. The largest absolute Gasteiger partial charge is 0.405 e. The second-order valence-corrected chi connectivity index (χ2v) is 6.52. The van der Waals surface area contributed by atoms with Crippen LogP contribution in [0.1, 0.15) is 20.3 Å². The Morgan fingerprint density at radius 1 is 1.38 bits per heavy atom. The van der Waals surface area contributed by atoms with Crippen molar-refractivity contribution >= 4 is 23.7 Å². The number of hydrogen-bond acceptors (Lipinski definition) is 4. The fourth-order valence-corrected chi connectivity index (χ4v) is 2.92. The maximum atomic E-state index is 11.9. The number of carbonyl (C=O) groups is 2. The van der Waals surface area contributed by atoms with Crippen LogP contribution in [0.15, 0.2) is 0 Å². The molecule has 122 valence electrons. The summed E-state index contributed by atoms with van der Waals surface area (Å²) in [5.74, 6) is 0.299. The molecule has 2 N–H and O–H groups in total. The first-order valence-corrected chi connectivity index (χ1v) is 7.75. The Bertz CT molecular complexity index is 379. The third kappa shape index (κ3) is 7.03. The summed E-state index contributed by atoms with van der Waals surface area (Å²) in [6.07, 6.45) is -3.56. The van der Waals surface area contributed by atoms with Gasteiger partial charge in [-0.05, 0) is 19.9 Å². The van der Waals surface area contributed by atoms with Crippen LogP contribution in [0, 0.1) is 0 Å². The van der Waals surface area contributed by atoms with Crippen molar-refractivity contribution < 1.29 is 22.8 Å². The van der Waals surface area contributed by atoms with Crippen LogP contribution in [0.5, 0.6) is 0 Å². The van der Waals surface area contributed by atoms with Crippen LogP contribution in [0.25, 0.3) is 0 Å². The second-order valence-electron chi connectivity index (χ2n) is 4.97. The molecule has 3 amide bonds. The number of halogens is 3. The van der Waals surface area contributed by atoms with Gasteiger partial charge >= 0.3 is 12.2 Å². The molecule has 0 saturated carbocycles. The quantitative estimate of drug-likeness (QED) is 0.826. The zero-order chi connectivity index (χ0) is 16.0. The molecule has 21 heavy (non-hydrogen) atoms. The van der Waals surface area contributed by atoms with Gasteiger partial charge in [-0.3, -0.25) is 15.0 Å². The van der Waals surface area contributed by atoms with Crippen molar-refractivity contribution in [2.24, 2.45) is 0 Å². The predicted octanol–water partition coefficient (Wildman–Crippen LogP) is 1.59. The van der Waals surface area contributed by atoms with Crippen molar-refractivity contribution in [3.05, 3.63) is 0 Å². The predicted molar refractivity (Wildman–Crippen MR) is 75.2 cm³/mol. The lowest BCUT2D eigenvalue weighted by Crippen LogP contribution is -2.51. The van der Waals surface area contributed by atoms with Crippen LogP contribution < -0.4 is 10.6 Å². The van der Waals surface area contributed by atoms with Crippen LogP contribution in [0.4, 0.5) is 18.0 Å². The highest BCUT2D eigenvalue weighted by Crippen LogP contribution is 2.19. The number of urea groups is 1. The van der Waals surface area contributed by atoms with E-state index in [-0.39, 0.29) is 0 Å². The molecule has 0 aromatic rings. The Morgan fingerprint density at radius 3 is 2.67 bits per heavy atom. The molecular formula is C12H20F3N3O2S. The summed E-state index contributed by atoms with van der Waals surface area (Å²) in [5, 5.41) is 4.07. The van der Waals surface area contributed by atoms with Crippen LogP contribution in [-0.4, -0.2) is 59.7 Å². The Kier molecular flexibility index (Phi) is 6.79. The van der Waals surface area contributed by atoms with Gasteiger partial charge in [0, 0.05) is 17.5 Å². The van der Waals surface area contributed by atoms with Crippen molar-refractivity contribution in [2.45, 2.75) is 37.7 Å². The molecule has 1 saturated heterocycles. The Morgan fingerprint density at radius 2 is 2.05 bits per heavy atom. The minimum absolute atomic E-state index is 0.514. The standard InChI is InChI=1S/C12H20F3N3O2S/c1-8-3-4-18(5-6-21-8)9(2)10(19)17-11(20)16-7-12(13,14)15/h8-9H,3-7H2,1-2H3,(H2,16,17,19,20)/t8-,9+/m0/s1. The number of nitrogens with zero attached hydrogens (tertiary/aromatic N) is 1. The molecule has 0 aromatic heterocycles. The van der Waals surface area contributed by atoms with E-state index in [1.54, 1.807) is 12.2 Å². The van der Waals surface area contributed by atoms with Crippen LogP contribution >= 0.6 is 11.8 Å². The number of imide groups is 1. The van der Waals surface area contributed by atoms with Gasteiger partial charge in [0.2, 0.25) is 5.91 Å². The fourth-order valence-electron chi connectivity index (χ4n) is 1.91. The molecule has 0 bridgehead atoms. The maximum Gasteiger partial charge on any atom is 0.405 e. The number of carbonyl (C=O) groups excluding carboxylic acids is 2. The minimum atomic E-state index is -4.50. The van der Waals surface area contributed by atoms with Gasteiger partial charge in [-0.15, -0.1) is 0 Å². The Balaban J connectivity index is 2.41. The number of alkyl halides is 3. The summed E-state index contributed by atoms with van der Waals surface area (Å²) in [4.78, 5) is 25.0. The van der Waals surface area contributed by atoms with E-state index in [0.29, 0.717) is 11.8 Å². The molecule has 0 spiro atoms. The van der Waals surface area contributed by atoms with Crippen LogP contribution in [-0.2, 0) is 4.79 Å². The van der Waals surface area contributed by atoms with Gasteiger partial charge in [0.25, 0.3) is 0 Å². The lowest BCUT2D eigenvalue weighted by molar-refractivity contribution is -0.126. The van der Waals surface area contributed by atoms with Crippen molar-refractivity contribution in [3.8, 4) is 0 Å². The van der Waals surface area contributed by atoms with Gasteiger partial charge in [-0.25, -0.2) is 4.79 Å². The molecule has 0 unspecified atom stereocenters. The molecule has 5 nitrogen and oxygen atoms in total. The maximum absolute atomic E-state index is 11.9. The van der Waals surface area contributed by atoms with E-state index in [0.717, 1.165) is 18.7 Å².